The van der Waals surface area contributed by atoms with Crippen LogP contribution in [0.25, 0.3) is 0 Å². The van der Waals surface area contributed by atoms with Crippen LogP contribution in [0, 0.1) is 10.1 Å². The molecule has 3 rings (SSSR count). The number of hydrogen-bond acceptors (Lipinski definition) is 6. The Morgan fingerprint density at radius 2 is 2.12 bits per heavy atom. The van der Waals surface area contributed by atoms with Gasteiger partial charge in [0.15, 0.2) is 0 Å². The van der Waals surface area contributed by atoms with Crippen LogP contribution in [0.5, 0.6) is 6.01 Å². The van der Waals surface area contributed by atoms with Gasteiger partial charge >= 0.3 is 6.01 Å². The fourth-order valence-electron chi connectivity index (χ4n) is 2.70. The molecule has 1 fully saturated rings. The quantitative estimate of drug-likeness (QED) is 0.532. The van der Waals surface area contributed by atoms with Gasteiger partial charge in [0.2, 0.25) is 0 Å². The number of benzene rings is 1. The van der Waals surface area contributed by atoms with Gasteiger partial charge in [-0.05, 0) is 40.9 Å². The van der Waals surface area contributed by atoms with Crippen LogP contribution in [-0.4, -0.2) is 44.9 Å². The highest BCUT2D eigenvalue weighted by atomic mass is 79.9. The molecule has 1 aromatic heterocycles. The zero-order chi connectivity index (χ0) is 18.7. The molecule has 1 amide bonds. The summed E-state index contributed by atoms with van der Waals surface area (Å²) in [4.78, 5) is 32.8. The van der Waals surface area contributed by atoms with Gasteiger partial charge in [0.1, 0.15) is 11.1 Å². The largest absolute Gasteiger partial charge is 0.458 e. The summed E-state index contributed by atoms with van der Waals surface area (Å²) in [7, 11) is 0. The Hall–Kier alpha value is -2.26. The lowest BCUT2D eigenvalue weighted by Crippen LogP contribution is -2.44. The van der Waals surface area contributed by atoms with Crippen molar-refractivity contribution in [3.63, 3.8) is 0 Å². The Balaban J connectivity index is 1.70. The molecule has 1 atom stereocenters. The van der Waals surface area contributed by atoms with E-state index in [9.17, 15) is 14.9 Å². The molecule has 1 aliphatic rings. The first kappa shape index (κ1) is 18.5. The predicted molar refractivity (Wildman–Crippen MR) is 97.4 cm³/mol. The molecule has 0 radical (unpaired) electrons. The first-order valence-corrected chi connectivity index (χ1v) is 8.98. The van der Waals surface area contributed by atoms with Crippen molar-refractivity contribution >= 4 is 39.1 Å². The topological polar surface area (TPSA) is 98.5 Å². The standard InChI is InChI=1S/C16H14BrClN4O4/c17-11-7-19-16(20-8-11)26-12-2-1-5-21(9-12)15(23)10-3-4-13(18)14(6-10)22(24)25/h3-4,6-8,12H,1-2,5,9H2. The predicted octanol–water partition coefficient (Wildman–Crippen LogP) is 3.48. The van der Waals surface area contributed by atoms with E-state index in [4.69, 9.17) is 16.3 Å². The van der Waals surface area contributed by atoms with E-state index in [1.54, 1.807) is 17.3 Å². The number of hydrogen-bond donors (Lipinski definition) is 0. The molecule has 10 heteroatoms. The number of aromatic nitrogens is 2. The van der Waals surface area contributed by atoms with Gasteiger partial charge in [0.25, 0.3) is 11.6 Å². The Morgan fingerprint density at radius 3 is 2.81 bits per heavy atom. The lowest BCUT2D eigenvalue weighted by atomic mass is 10.1. The number of amides is 1. The number of piperidine rings is 1. The number of nitro groups is 1. The number of halogens is 2. The summed E-state index contributed by atoms with van der Waals surface area (Å²) in [5, 5.41) is 11.0. The first-order chi connectivity index (χ1) is 12.4. The molecule has 1 unspecified atom stereocenters. The monoisotopic (exact) mass is 440 g/mol. The summed E-state index contributed by atoms with van der Waals surface area (Å²) in [6.45, 7) is 0.908. The molecule has 8 nitrogen and oxygen atoms in total. The molecule has 0 saturated carbocycles. The second-order valence-electron chi connectivity index (χ2n) is 5.74. The molecule has 2 heterocycles. The summed E-state index contributed by atoms with van der Waals surface area (Å²) in [6.07, 6.45) is 4.45. The number of nitro benzene ring substituents is 1. The summed E-state index contributed by atoms with van der Waals surface area (Å²) in [5.74, 6) is -0.296. The molecule has 0 bridgehead atoms. The molecule has 1 saturated heterocycles. The van der Waals surface area contributed by atoms with E-state index in [0.717, 1.165) is 17.3 Å². The van der Waals surface area contributed by atoms with Crippen molar-refractivity contribution in [1.29, 1.82) is 0 Å². The van der Waals surface area contributed by atoms with E-state index < -0.39 is 4.92 Å². The molecular weight excluding hydrogens is 428 g/mol. The van der Waals surface area contributed by atoms with E-state index in [2.05, 4.69) is 25.9 Å². The van der Waals surface area contributed by atoms with Gasteiger partial charge in [-0.25, -0.2) is 9.97 Å². The average molecular weight is 442 g/mol. The molecule has 2 aromatic rings. The third-order valence-electron chi connectivity index (χ3n) is 3.92. The van der Waals surface area contributed by atoms with E-state index in [1.165, 1.54) is 18.2 Å². The highest BCUT2D eigenvalue weighted by molar-refractivity contribution is 9.10. The zero-order valence-corrected chi connectivity index (χ0v) is 15.8. The van der Waals surface area contributed by atoms with Crippen molar-refractivity contribution < 1.29 is 14.5 Å². The number of nitrogens with zero attached hydrogens (tertiary/aromatic N) is 4. The Kier molecular flexibility index (Phi) is 5.67. The summed E-state index contributed by atoms with van der Waals surface area (Å²) >= 11 is 9.06. The van der Waals surface area contributed by atoms with Crippen LogP contribution >= 0.6 is 27.5 Å². The van der Waals surface area contributed by atoms with E-state index in [-0.39, 0.29) is 34.3 Å². The Labute approximate surface area is 162 Å². The van der Waals surface area contributed by atoms with Crippen molar-refractivity contribution in [1.82, 2.24) is 14.9 Å². The first-order valence-electron chi connectivity index (χ1n) is 7.81. The van der Waals surface area contributed by atoms with Crippen LogP contribution in [0.3, 0.4) is 0 Å². The lowest BCUT2D eigenvalue weighted by molar-refractivity contribution is -0.384. The zero-order valence-electron chi connectivity index (χ0n) is 13.5. The normalized spacial score (nSPS) is 17.0. The van der Waals surface area contributed by atoms with Gasteiger partial charge < -0.3 is 9.64 Å². The smallest absolute Gasteiger partial charge is 0.316 e. The van der Waals surface area contributed by atoms with E-state index in [1.807, 2.05) is 0 Å². The minimum atomic E-state index is -0.605. The highest BCUT2D eigenvalue weighted by Gasteiger charge is 2.27. The molecule has 26 heavy (non-hydrogen) atoms. The van der Waals surface area contributed by atoms with Gasteiger partial charge in [-0.3, -0.25) is 14.9 Å². The summed E-state index contributed by atoms with van der Waals surface area (Å²) in [5.41, 5.74) is -0.0627. The third-order valence-corrected chi connectivity index (χ3v) is 4.65. The maximum atomic E-state index is 12.7. The number of carbonyl (C=O) groups excluding carboxylic acids is 1. The van der Waals surface area contributed by atoms with Gasteiger partial charge in [-0.15, -0.1) is 0 Å². The molecule has 136 valence electrons. The van der Waals surface area contributed by atoms with Crippen LogP contribution in [-0.2, 0) is 0 Å². The fourth-order valence-corrected chi connectivity index (χ4v) is 3.09. The van der Waals surface area contributed by atoms with Crippen molar-refractivity contribution in [2.45, 2.75) is 18.9 Å². The average Bonchev–Trinajstić information content (AvgIpc) is 2.63. The van der Waals surface area contributed by atoms with Crippen molar-refractivity contribution in [2.24, 2.45) is 0 Å². The van der Waals surface area contributed by atoms with Crippen molar-refractivity contribution in [3.05, 3.63) is 55.8 Å². The van der Waals surface area contributed by atoms with Crippen LogP contribution in [0.15, 0.2) is 35.1 Å². The summed E-state index contributed by atoms with van der Waals surface area (Å²) < 4.78 is 6.49. The third kappa shape index (κ3) is 4.28. The Morgan fingerprint density at radius 1 is 1.38 bits per heavy atom. The molecular formula is C16H14BrClN4O4. The number of ether oxygens (including phenoxy) is 1. The molecule has 1 aliphatic heterocycles. The van der Waals surface area contributed by atoms with Crippen LogP contribution in [0.4, 0.5) is 5.69 Å². The molecule has 0 spiro atoms. The van der Waals surface area contributed by atoms with Gasteiger partial charge in [-0.1, -0.05) is 11.6 Å². The Bertz CT molecular complexity index is 833. The number of rotatable bonds is 4. The minimum absolute atomic E-state index is 0.00112. The van der Waals surface area contributed by atoms with Gasteiger partial charge in [0.05, 0.1) is 15.9 Å². The maximum absolute atomic E-state index is 12.7. The summed E-state index contributed by atoms with van der Waals surface area (Å²) in [6, 6.07) is 4.29. The number of carbonyl (C=O) groups is 1. The molecule has 0 N–H and O–H groups in total. The van der Waals surface area contributed by atoms with Crippen molar-refractivity contribution in [2.75, 3.05) is 13.1 Å². The second kappa shape index (κ2) is 7.96. The highest BCUT2D eigenvalue weighted by Crippen LogP contribution is 2.26. The van der Waals surface area contributed by atoms with E-state index >= 15 is 0 Å². The fraction of sp³-hybridized carbons (Fsp3) is 0.312. The maximum Gasteiger partial charge on any atom is 0.316 e. The van der Waals surface area contributed by atoms with Gasteiger partial charge in [-0.2, -0.15) is 0 Å². The van der Waals surface area contributed by atoms with Crippen molar-refractivity contribution in [3.8, 4) is 6.01 Å². The molecule has 0 aliphatic carbocycles. The number of likely N-dealkylation sites (tertiary alicyclic amines) is 1. The SMILES string of the molecule is O=C(c1ccc(Cl)c([N+](=O)[O-])c1)N1CCCC(Oc2ncc(Br)cn2)C1. The minimum Gasteiger partial charge on any atom is -0.458 e. The lowest BCUT2D eigenvalue weighted by Gasteiger charge is -2.32. The van der Waals surface area contributed by atoms with Crippen LogP contribution in [0.1, 0.15) is 23.2 Å². The van der Waals surface area contributed by atoms with E-state index in [0.29, 0.717) is 13.1 Å². The van der Waals surface area contributed by atoms with Gasteiger partial charge in [0, 0.05) is 30.6 Å². The molecule has 1 aromatic carbocycles. The second-order valence-corrected chi connectivity index (χ2v) is 7.06. The van der Waals surface area contributed by atoms with Crippen LogP contribution in [0.2, 0.25) is 5.02 Å². The van der Waals surface area contributed by atoms with Crippen LogP contribution < -0.4 is 4.74 Å².